The maximum atomic E-state index is 11.7. The first-order valence-electron chi connectivity index (χ1n) is 7.49. The Morgan fingerprint density at radius 3 is 2.42 bits per heavy atom. The Bertz CT molecular complexity index is 411. The van der Waals surface area contributed by atoms with E-state index in [4.69, 9.17) is 0 Å². The summed E-state index contributed by atoms with van der Waals surface area (Å²) in [5.74, 6) is 0.549. The van der Waals surface area contributed by atoms with Crippen molar-refractivity contribution in [2.45, 2.75) is 57.5 Å². The molecule has 1 heterocycles. The smallest absolute Gasteiger partial charge is 0.151 e. The zero-order chi connectivity index (χ0) is 14.1. The van der Waals surface area contributed by atoms with Crippen LogP contribution in [0.5, 0.6) is 0 Å². The predicted molar refractivity (Wildman–Crippen MR) is 79.2 cm³/mol. The SMILES string of the molecule is CCS(=O)(=O)CCN1CC2(CCCC2)NCC1(C)C. The number of nitrogens with zero attached hydrogens (tertiary/aromatic N) is 1. The molecule has 0 bridgehead atoms. The van der Waals surface area contributed by atoms with Crippen LogP contribution < -0.4 is 5.32 Å². The Kier molecular flexibility index (Phi) is 4.29. The standard InChI is InChI=1S/C14H28N2O2S/c1-4-19(17,18)10-9-16-12-14(7-5-6-8-14)15-11-13(16,2)3/h15H,4-12H2,1-3H3. The highest BCUT2D eigenvalue weighted by Crippen LogP contribution is 2.35. The van der Waals surface area contributed by atoms with Gasteiger partial charge in [-0.15, -0.1) is 0 Å². The van der Waals surface area contributed by atoms with Crippen molar-refractivity contribution in [2.75, 3.05) is 31.1 Å². The van der Waals surface area contributed by atoms with Crippen molar-refractivity contribution < 1.29 is 8.42 Å². The molecule has 2 aliphatic rings. The van der Waals surface area contributed by atoms with Crippen molar-refractivity contribution in [3.05, 3.63) is 0 Å². The Labute approximate surface area is 117 Å². The first-order valence-corrected chi connectivity index (χ1v) is 9.31. The fourth-order valence-electron chi connectivity index (χ4n) is 3.31. The Balaban J connectivity index is 2.03. The van der Waals surface area contributed by atoms with E-state index in [0.29, 0.717) is 12.3 Å². The second-order valence-corrected chi connectivity index (χ2v) is 9.28. The number of piperazine rings is 1. The minimum absolute atomic E-state index is 0.0527. The summed E-state index contributed by atoms with van der Waals surface area (Å²) in [6, 6.07) is 0. The van der Waals surface area contributed by atoms with Gasteiger partial charge in [-0.1, -0.05) is 19.8 Å². The van der Waals surface area contributed by atoms with Crippen LogP contribution in [0.1, 0.15) is 46.5 Å². The molecule has 0 aromatic carbocycles. The third kappa shape index (κ3) is 3.50. The Hall–Kier alpha value is -0.130. The summed E-state index contributed by atoms with van der Waals surface area (Å²) < 4.78 is 23.4. The fraction of sp³-hybridized carbons (Fsp3) is 1.00. The predicted octanol–water partition coefficient (Wildman–Crippen LogP) is 1.42. The lowest BCUT2D eigenvalue weighted by Gasteiger charge is -2.51. The molecule has 1 saturated heterocycles. The lowest BCUT2D eigenvalue weighted by molar-refractivity contribution is 0.0336. The van der Waals surface area contributed by atoms with Gasteiger partial charge in [0, 0.05) is 36.5 Å². The largest absolute Gasteiger partial charge is 0.308 e. The van der Waals surface area contributed by atoms with Crippen molar-refractivity contribution in [3.8, 4) is 0 Å². The normalized spacial score (nSPS) is 26.9. The number of hydrogen-bond donors (Lipinski definition) is 1. The van der Waals surface area contributed by atoms with Crippen LogP contribution >= 0.6 is 0 Å². The molecule has 0 aromatic heterocycles. The molecule has 0 radical (unpaired) electrons. The summed E-state index contributed by atoms with van der Waals surface area (Å²) in [5.41, 5.74) is 0.308. The lowest BCUT2D eigenvalue weighted by Crippen LogP contribution is -2.67. The van der Waals surface area contributed by atoms with E-state index in [2.05, 4.69) is 24.1 Å². The van der Waals surface area contributed by atoms with Gasteiger partial charge in [0.1, 0.15) is 0 Å². The second kappa shape index (κ2) is 5.34. The highest BCUT2D eigenvalue weighted by atomic mass is 32.2. The summed E-state index contributed by atoms with van der Waals surface area (Å²) >= 11 is 0. The van der Waals surface area contributed by atoms with Crippen LogP contribution in [0.2, 0.25) is 0 Å². The van der Waals surface area contributed by atoms with E-state index in [9.17, 15) is 8.42 Å². The van der Waals surface area contributed by atoms with Crippen molar-refractivity contribution >= 4 is 9.84 Å². The first kappa shape index (κ1) is 15.3. The van der Waals surface area contributed by atoms with Gasteiger partial charge in [-0.3, -0.25) is 4.90 Å². The van der Waals surface area contributed by atoms with E-state index in [1.165, 1.54) is 25.7 Å². The zero-order valence-corrected chi connectivity index (χ0v) is 13.4. The molecule has 1 aliphatic carbocycles. The van der Waals surface area contributed by atoms with E-state index >= 15 is 0 Å². The number of hydrogen-bond acceptors (Lipinski definition) is 4. The van der Waals surface area contributed by atoms with Gasteiger partial charge in [0.25, 0.3) is 0 Å². The first-order chi connectivity index (χ1) is 8.79. The highest BCUT2D eigenvalue weighted by molar-refractivity contribution is 7.91. The molecule has 2 fully saturated rings. The maximum absolute atomic E-state index is 11.7. The van der Waals surface area contributed by atoms with Gasteiger partial charge < -0.3 is 5.32 Å². The third-order valence-corrected chi connectivity index (χ3v) is 6.60. The zero-order valence-electron chi connectivity index (χ0n) is 12.5. The quantitative estimate of drug-likeness (QED) is 0.850. The van der Waals surface area contributed by atoms with Crippen molar-refractivity contribution in [3.63, 3.8) is 0 Å². The second-order valence-electron chi connectivity index (χ2n) is 6.81. The number of sulfone groups is 1. The molecular formula is C14H28N2O2S. The highest BCUT2D eigenvalue weighted by Gasteiger charge is 2.44. The minimum Gasteiger partial charge on any atom is -0.308 e. The molecule has 112 valence electrons. The molecule has 0 atom stereocenters. The van der Waals surface area contributed by atoms with Crippen LogP contribution in [-0.4, -0.2) is 55.5 Å². The molecule has 0 amide bonds. The monoisotopic (exact) mass is 288 g/mol. The van der Waals surface area contributed by atoms with Crippen LogP contribution in [0.25, 0.3) is 0 Å². The van der Waals surface area contributed by atoms with Crippen molar-refractivity contribution in [1.82, 2.24) is 10.2 Å². The summed E-state index contributed by atoms with van der Waals surface area (Å²) in [6.07, 6.45) is 5.07. The molecule has 1 N–H and O–H groups in total. The van der Waals surface area contributed by atoms with E-state index in [-0.39, 0.29) is 16.8 Å². The molecule has 0 aromatic rings. The van der Waals surface area contributed by atoms with Crippen LogP contribution in [0.3, 0.4) is 0 Å². The average molecular weight is 288 g/mol. The summed E-state index contributed by atoms with van der Waals surface area (Å²) in [7, 11) is -2.87. The molecule has 5 heteroatoms. The van der Waals surface area contributed by atoms with Gasteiger partial charge in [-0.05, 0) is 26.7 Å². The van der Waals surface area contributed by atoms with Gasteiger partial charge in [0.15, 0.2) is 9.84 Å². The van der Waals surface area contributed by atoms with Gasteiger partial charge in [-0.25, -0.2) is 8.42 Å². The van der Waals surface area contributed by atoms with Crippen molar-refractivity contribution in [1.29, 1.82) is 0 Å². The summed E-state index contributed by atoms with van der Waals surface area (Å²) in [6.45, 7) is 8.78. The van der Waals surface area contributed by atoms with Crippen LogP contribution in [0, 0.1) is 0 Å². The summed E-state index contributed by atoms with van der Waals surface area (Å²) in [5, 5.41) is 3.73. The summed E-state index contributed by atoms with van der Waals surface area (Å²) in [4.78, 5) is 2.39. The molecule has 19 heavy (non-hydrogen) atoms. The van der Waals surface area contributed by atoms with E-state index in [1.54, 1.807) is 6.92 Å². The third-order valence-electron chi connectivity index (χ3n) is 4.92. The van der Waals surface area contributed by atoms with Crippen LogP contribution in [0.15, 0.2) is 0 Å². The van der Waals surface area contributed by atoms with Crippen LogP contribution in [0.4, 0.5) is 0 Å². The van der Waals surface area contributed by atoms with Gasteiger partial charge in [0.05, 0.1) is 5.75 Å². The van der Waals surface area contributed by atoms with Gasteiger partial charge in [0.2, 0.25) is 0 Å². The molecule has 1 aliphatic heterocycles. The van der Waals surface area contributed by atoms with Crippen LogP contribution in [-0.2, 0) is 9.84 Å². The molecular weight excluding hydrogens is 260 g/mol. The Morgan fingerprint density at radius 1 is 1.21 bits per heavy atom. The van der Waals surface area contributed by atoms with E-state index in [0.717, 1.165) is 13.1 Å². The topological polar surface area (TPSA) is 49.4 Å². The van der Waals surface area contributed by atoms with E-state index < -0.39 is 9.84 Å². The molecule has 4 nitrogen and oxygen atoms in total. The molecule has 0 unspecified atom stereocenters. The molecule has 1 saturated carbocycles. The fourth-order valence-corrected chi connectivity index (χ4v) is 4.10. The maximum Gasteiger partial charge on any atom is 0.151 e. The number of rotatable bonds is 4. The minimum atomic E-state index is -2.87. The van der Waals surface area contributed by atoms with Gasteiger partial charge in [-0.2, -0.15) is 0 Å². The van der Waals surface area contributed by atoms with E-state index in [1.807, 2.05) is 0 Å². The number of nitrogens with one attached hydrogen (secondary N) is 1. The van der Waals surface area contributed by atoms with Gasteiger partial charge >= 0.3 is 0 Å². The average Bonchev–Trinajstić information content (AvgIpc) is 2.80. The Morgan fingerprint density at radius 2 is 1.84 bits per heavy atom. The molecule has 1 spiro atoms. The van der Waals surface area contributed by atoms with Crippen molar-refractivity contribution in [2.24, 2.45) is 0 Å². The molecule has 2 rings (SSSR count). The lowest BCUT2D eigenvalue weighted by atomic mass is 9.87.